The number of primary amides is 1. The Morgan fingerprint density at radius 1 is 1.06 bits per heavy atom. The number of hydrogen-bond donors (Lipinski definition) is 2. The largest absolute Gasteiger partial charge is 0.370 e. The van der Waals surface area contributed by atoms with E-state index >= 15 is 0 Å². The molecule has 0 aliphatic carbocycles. The summed E-state index contributed by atoms with van der Waals surface area (Å²) in [7, 11) is 0. The lowest BCUT2D eigenvalue weighted by atomic mass is 10.1. The van der Waals surface area contributed by atoms with E-state index < -0.39 is 5.91 Å². The summed E-state index contributed by atoms with van der Waals surface area (Å²) in [5, 5.41) is 12.1. The monoisotopic (exact) mass is 464 g/mol. The van der Waals surface area contributed by atoms with Gasteiger partial charge >= 0.3 is 0 Å². The number of thioether (sulfide) groups is 1. The highest BCUT2D eigenvalue weighted by molar-refractivity contribution is 7.99. The van der Waals surface area contributed by atoms with Crippen molar-refractivity contribution in [3.05, 3.63) is 65.5 Å². The van der Waals surface area contributed by atoms with Crippen molar-refractivity contribution < 1.29 is 9.59 Å². The zero-order chi connectivity index (χ0) is 23.2. The van der Waals surface area contributed by atoms with Crippen molar-refractivity contribution >= 4 is 35.0 Å². The zero-order valence-corrected chi connectivity index (χ0v) is 19.5. The molecule has 1 aliphatic rings. The third-order valence-corrected chi connectivity index (χ3v) is 6.64. The number of carbonyl (C=O) groups excluding carboxylic acids is 2. The number of amides is 2. The molecule has 1 saturated heterocycles. The van der Waals surface area contributed by atoms with Gasteiger partial charge in [-0.25, -0.2) is 0 Å². The number of nitrogens with two attached hydrogens (primary N) is 1. The number of aromatic nitrogens is 3. The molecule has 172 valence electrons. The summed E-state index contributed by atoms with van der Waals surface area (Å²) < 4.78 is 2.00. The van der Waals surface area contributed by atoms with Crippen LogP contribution in [0.1, 0.15) is 41.0 Å². The Balaban J connectivity index is 1.46. The number of piperidine rings is 1. The van der Waals surface area contributed by atoms with Crippen LogP contribution in [0.5, 0.6) is 0 Å². The van der Waals surface area contributed by atoms with E-state index in [1.807, 2.05) is 35.8 Å². The Morgan fingerprint density at radius 2 is 1.82 bits per heavy atom. The lowest BCUT2D eigenvalue weighted by molar-refractivity contribution is -0.113. The molecule has 0 atom stereocenters. The van der Waals surface area contributed by atoms with Gasteiger partial charge in [0, 0.05) is 18.7 Å². The van der Waals surface area contributed by atoms with E-state index in [-0.39, 0.29) is 11.7 Å². The van der Waals surface area contributed by atoms with Crippen molar-refractivity contribution in [3.8, 4) is 0 Å². The number of nitrogens with one attached hydrogen (secondary N) is 1. The van der Waals surface area contributed by atoms with Crippen LogP contribution in [0, 0.1) is 6.92 Å². The summed E-state index contributed by atoms with van der Waals surface area (Å²) in [6.07, 6.45) is 3.42. The molecule has 3 aromatic rings. The van der Waals surface area contributed by atoms with E-state index in [4.69, 9.17) is 5.73 Å². The average Bonchev–Trinajstić information content (AvgIpc) is 3.18. The molecule has 1 aromatic heterocycles. The molecule has 33 heavy (non-hydrogen) atoms. The summed E-state index contributed by atoms with van der Waals surface area (Å²) in [5.74, 6) is 0.275. The zero-order valence-electron chi connectivity index (χ0n) is 18.7. The number of anilines is 2. The van der Waals surface area contributed by atoms with Crippen LogP contribution in [0.25, 0.3) is 0 Å². The highest BCUT2D eigenvalue weighted by atomic mass is 32.2. The van der Waals surface area contributed by atoms with E-state index in [2.05, 4.69) is 32.5 Å². The predicted octanol–water partition coefficient (Wildman–Crippen LogP) is 3.45. The van der Waals surface area contributed by atoms with Crippen LogP contribution in [0.15, 0.2) is 53.7 Å². The number of hydrogen-bond acceptors (Lipinski definition) is 6. The van der Waals surface area contributed by atoms with Crippen LogP contribution in [0.2, 0.25) is 0 Å². The van der Waals surface area contributed by atoms with Crippen molar-refractivity contribution in [2.24, 2.45) is 5.73 Å². The minimum Gasteiger partial charge on any atom is -0.370 e. The van der Waals surface area contributed by atoms with Crippen LogP contribution in [0.3, 0.4) is 0 Å². The minimum absolute atomic E-state index is 0.174. The van der Waals surface area contributed by atoms with Gasteiger partial charge in [-0.2, -0.15) is 0 Å². The van der Waals surface area contributed by atoms with Crippen molar-refractivity contribution in [2.75, 3.05) is 29.1 Å². The van der Waals surface area contributed by atoms with Gasteiger partial charge in [-0.05, 0) is 49.9 Å². The Hall–Kier alpha value is -3.33. The van der Waals surface area contributed by atoms with E-state index in [9.17, 15) is 9.59 Å². The standard InChI is InChI=1S/C24H28N6O2S/c1-17-27-28-24(30(17)15-18-8-4-2-5-9-18)33-16-22(31)26-20-14-19(23(25)32)10-11-21(20)29-12-6-3-7-13-29/h2,4-5,8-11,14H,3,6-7,12-13,15-16H2,1H3,(H2,25,32)(H,26,31). The normalized spacial score (nSPS) is 13.7. The highest BCUT2D eigenvalue weighted by Crippen LogP contribution is 2.30. The van der Waals surface area contributed by atoms with Gasteiger partial charge in [0.15, 0.2) is 5.16 Å². The first-order valence-corrected chi connectivity index (χ1v) is 12.0. The van der Waals surface area contributed by atoms with Crippen LogP contribution < -0.4 is 16.0 Å². The minimum atomic E-state index is -0.519. The number of rotatable bonds is 8. The summed E-state index contributed by atoms with van der Waals surface area (Å²) in [5.41, 5.74) is 8.51. The van der Waals surface area contributed by atoms with Gasteiger partial charge in [0.1, 0.15) is 5.82 Å². The summed E-state index contributed by atoms with van der Waals surface area (Å²) in [6.45, 7) is 4.40. The number of nitrogens with zero attached hydrogens (tertiary/aromatic N) is 4. The molecule has 0 bridgehead atoms. The third-order valence-electron chi connectivity index (χ3n) is 5.67. The third kappa shape index (κ3) is 5.73. The fourth-order valence-corrected chi connectivity index (χ4v) is 4.72. The molecule has 4 rings (SSSR count). The van der Waals surface area contributed by atoms with Crippen molar-refractivity contribution in [1.82, 2.24) is 14.8 Å². The van der Waals surface area contributed by atoms with Gasteiger partial charge in [-0.1, -0.05) is 42.1 Å². The second kappa shape index (κ2) is 10.5. The fraction of sp³-hybridized carbons (Fsp3) is 0.333. The molecule has 0 unspecified atom stereocenters. The fourth-order valence-electron chi connectivity index (χ4n) is 3.93. The molecule has 0 saturated carbocycles. The summed E-state index contributed by atoms with van der Waals surface area (Å²) >= 11 is 1.34. The Bertz CT molecular complexity index is 1130. The Labute approximate surface area is 197 Å². The molecule has 0 spiro atoms. The quantitative estimate of drug-likeness (QED) is 0.495. The lowest BCUT2D eigenvalue weighted by Crippen LogP contribution is -2.30. The van der Waals surface area contributed by atoms with Crippen LogP contribution >= 0.6 is 11.8 Å². The van der Waals surface area contributed by atoms with Gasteiger partial charge in [0.2, 0.25) is 11.8 Å². The van der Waals surface area contributed by atoms with Gasteiger partial charge in [0.05, 0.1) is 23.7 Å². The molecule has 0 radical (unpaired) electrons. The number of benzene rings is 2. The van der Waals surface area contributed by atoms with E-state index in [0.29, 0.717) is 23.0 Å². The highest BCUT2D eigenvalue weighted by Gasteiger charge is 2.18. The first-order valence-electron chi connectivity index (χ1n) is 11.1. The molecular formula is C24H28N6O2S. The molecular weight excluding hydrogens is 436 g/mol. The first kappa shape index (κ1) is 22.8. The molecule has 2 amide bonds. The molecule has 2 heterocycles. The second-order valence-electron chi connectivity index (χ2n) is 8.08. The maximum atomic E-state index is 12.9. The van der Waals surface area contributed by atoms with Crippen molar-refractivity contribution in [3.63, 3.8) is 0 Å². The summed E-state index contributed by atoms with van der Waals surface area (Å²) in [4.78, 5) is 26.8. The van der Waals surface area contributed by atoms with E-state index in [1.54, 1.807) is 12.1 Å². The average molecular weight is 465 g/mol. The summed E-state index contributed by atoms with van der Waals surface area (Å²) in [6, 6.07) is 15.3. The predicted molar refractivity (Wildman–Crippen MR) is 131 cm³/mol. The van der Waals surface area contributed by atoms with Gasteiger partial charge in [-0.3, -0.25) is 9.59 Å². The molecule has 1 fully saturated rings. The lowest BCUT2D eigenvalue weighted by Gasteiger charge is -2.30. The van der Waals surface area contributed by atoms with Crippen molar-refractivity contribution in [1.29, 1.82) is 0 Å². The Kier molecular flexibility index (Phi) is 7.29. The molecule has 2 aromatic carbocycles. The van der Waals surface area contributed by atoms with Gasteiger partial charge in [0.25, 0.3) is 0 Å². The number of carbonyl (C=O) groups is 2. The molecule has 9 heteroatoms. The van der Waals surface area contributed by atoms with Crippen LogP contribution in [0.4, 0.5) is 11.4 Å². The SMILES string of the molecule is Cc1nnc(SCC(=O)Nc2cc(C(N)=O)ccc2N2CCCCC2)n1Cc1ccccc1. The maximum Gasteiger partial charge on any atom is 0.248 e. The van der Waals surface area contributed by atoms with Gasteiger partial charge in [-0.15, -0.1) is 10.2 Å². The number of aryl methyl sites for hydroxylation is 1. The molecule has 8 nitrogen and oxygen atoms in total. The topological polar surface area (TPSA) is 106 Å². The maximum absolute atomic E-state index is 12.9. The van der Waals surface area contributed by atoms with Crippen LogP contribution in [-0.4, -0.2) is 45.4 Å². The second-order valence-corrected chi connectivity index (χ2v) is 9.02. The van der Waals surface area contributed by atoms with Gasteiger partial charge < -0.3 is 20.5 Å². The van der Waals surface area contributed by atoms with E-state index in [1.165, 1.54) is 18.2 Å². The van der Waals surface area contributed by atoms with Crippen LogP contribution in [-0.2, 0) is 11.3 Å². The molecule has 3 N–H and O–H groups in total. The Morgan fingerprint density at radius 3 is 2.55 bits per heavy atom. The van der Waals surface area contributed by atoms with E-state index in [0.717, 1.165) is 43.0 Å². The molecule has 1 aliphatic heterocycles. The first-order chi connectivity index (χ1) is 16.0. The van der Waals surface area contributed by atoms with Crippen molar-refractivity contribution in [2.45, 2.75) is 37.9 Å². The smallest absolute Gasteiger partial charge is 0.248 e.